The molecule has 1 heterocycles. The molecule has 0 saturated heterocycles. The van der Waals surface area contributed by atoms with Crippen LogP contribution in [0.4, 0.5) is 5.69 Å². The third kappa shape index (κ3) is 3.68. The number of anilines is 1. The largest absolute Gasteiger partial charge is 0.465 e. The predicted molar refractivity (Wildman–Crippen MR) is 104 cm³/mol. The summed E-state index contributed by atoms with van der Waals surface area (Å²) in [6, 6.07) is 15.5. The van der Waals surface area contributed by atoms with Crippen LogP contribution in [0.3, 0.4) is 0 Å². The summed E-state index contributed by atoms with van der Waals surface area (Å²) in [6.45, 7) is 3.43. The number of ketones is 1. The van der Waals surface area contributed by atoms with Gasteiger partial charge in [-0.2, -0.15) is 5.10 Å². The number of amides is 1. The average Bonchev–Trinajstić information content (AvgIpc) is 3.01. The summed E-state index contributed by atoms with van der Waals surface area (Å²) < 4.78 is 6.29. The predicted octanol–water partition coefficient (Wildman–Crippen LogP) is 3.10. The third-order valence-corrected chi connectivity index (χ3v) is 4.27. The van der Waals surface area contributed by atoms with E-state index in [0.717, 1.165) is 5.69 Å². The van der Waals surface area contributed by atoms with E-state index < -0.39 is 17.7 Å². The van der Waals surface area contributed by atoms with E-state index in [1.54, 1.807) is 36.7 Å². The Labute approximate surface area is 161 Å². The summed E-state index contributed by atoms with van der Waals surface area (Å²) in [4.78, 5) is 36.9. The first-order chi connectivity index (χ1) is 13.4. The van der Waals surface area contributed by atoms with Crippen LogP contribution in [0.1, 0.15) is 32.1 Å². The molecular weight excluding hydrogens is 358 g/mol. The molecule has 1 N–H and O–H groups in total. The average molecular weight is 377 g/mol. The topological polar surface area (TPSA) is 90.3 Å². The minimum atomic E-state index is -0.805. The maximum atomic E-state index is 12.8. The molecule has 3 rings (SSSR count). The van der Waals surface area contributed by atoms with E-state index in [1.165, 1.54) is 13.2 Å². The zero-order valence-electron chi connectivity index (χ0n) is 15.7. The van der Waals surface area contributed by atoms with Gasteiger partial charge in [0, 0.05) is 5.69 Å². The first-order valence-electron chi connectivity index (χ1n) is 8.58. The number of Topliss-reactive ketones (excluding diaryl/α,β-unsaturated/α-hetero) is 1. The van der Waals surface area contributed by atoms with Gasteiger partial charge in [-0.25, -0.2) is 9.48 Å². The van der Waals surface area contributed by atoms with Crippen LogP contribution in [0, 0.1) is 13.8 Å². The summed E-state index contributed by atoms with van der Waals surface area (Å²) in [5.41, 5.74) is 2.69. The van der Waals surface area contributed by atoms with Crippen LogP contribution in [-0.4, -0.2) is 34.6 Å². The van der Waals surface area contributed by atoms with E-state index in [2.05, 4.69) is 15.2 Å². The van der Waals surface area contributed by atoms with Crippen LogP contribution in [0.25, 0.3) is 5.69 Å². The maximum absolute atomic E-state index is 12.8. The monoisotopic (exact) mass is 377 g/mol. The highest BCUT2D eigenvalue weighted by Gasteiger charge is 2.25. The molecule has 0 aliphatic heterocycles. The number of aryl methyl sites for hydroxylation is 1. The molecule has 142 valence electrons. The fourth-order valence-electron chi connectivity index (χ4n) is 2.94. The molecule has 7 nitrogen and oxygen atoms in total. The lowest BCUT2D eigenvalue weighted by Gasteiger charge is -2.07. The van der Waals surface area contributed by atoms with Crippen LogP contribution in [-0.2, 0) is 9.53 Å². The van der Waals surface area contributed by atoms with Crippen molar-refractivity contribution in [2.45, 2.75) is 13.8 Å². The van der Waals surface area contributed by atoms with Crippen molar-refractivity contribution in [2.75, 3.05) is 12.4 Å². The molecule has 0 radical (unpaired) electrons. The zero-order chi connectivity index (χ0) is 20.3. The van der Waals surface area contributed by atoms with Crippen molar-refractivity contribution in [3.05, 3.63) is 77.1 Å². The Morgan fingerprint density at radius 2 is 1.71 bits per heavy atom. The van der Waals surface area contributed by atoms with Gasteiger partial charge in [-0.15, -0.1) is 0 Å². The Morgan fingerprint density at radius 3 is 2.39 bits per heavy atom. The summed E-state index contributed by atoms with van der Waals surface area (Å²) in [5, 5.41) is 6.92. The Balaban J connectivity index is 1.86. The minimum Gasteiger partial charge on any atom is -0.465 e. The summed E-state index contributed by atoms with van der Waals surface area (Å²) in [5.74, 6) is -2.03. The van der Waals surface area contributed by atoms with Crippen LogP contribution < -0.4 is 5.32 Å². The van der Waals surface area contributed by atoms with Gasteiger partial charge in [0.15, 0.2) is 0 Å². The number of nitrogens with zero attached hydrogens (tertiary/aromatic N) is 2. The number of carbonyl (C=O) groups is 3. The SMILES string of the molecule is COC(=O)c1cccc(NC(=O)C(=O)c2c(C)nn(-c3ccccc3)c2C)c1. The van der Waals surface area contributed by atoms with Crippen molar-refractivity contribution in [1.29, 1.82) is 0 Å². The molecule has 0 fully saturated rings. The van der Waals surface area contributed by atoms with E-state index in [1.807, 2.05) is 30.3 Å². The van der Waals surface area contributed by atoms with E-state index in [0.29, 0.717) is 17.1 Å². The smallest absolute Gasteiger partial charge is 0.337 e. The number of esters is 1. The van der Waals surface area contributed by atoms with Crippen LogP contribution in [0.15, 0.2) is 54.6 Å². The van der Waals surface area contributed by atoms with Crippen molar-refractivity contribution in [1.82, 2.24) is 9.78 Å². The van der Waals surface area contributed by atoms with Gasteiger partial charge >= 0.3 is 5.97 Å². The first kappa shape index (κ1) is 19.0. The molecule has 0 aliphatic carbocycles. The highest BCUT2D eigenvalue weighted by molar-refractivity contribution is 6.47. The van der Waals surface area contributed by atoms with E-state index in [4.69, 9.17) is 0 Å². The van der Waals surface area contributed by atoms with Gasteiger partial charge in [0.1, 0.15) is 0 Å². The maximum Gasteiger partial charge on any atom is 0.337 e. The van der Waals surface area contributed by atoms with Crippen LogP contribution >= 0.6 is 0 Å². The summed E-state index contributed by atoms with van der Waals surface area (Å²) in [6.07, 6.45) is 0. The first-order valence-corrected chi connectivity index (χ1v) is 8.58. The molecule has 1 aromatic heterocycles. The van der Waals surface area contributed by atoms with Gasteiger partial charge in [0.05, 0.1) is 35.3 Å². The number of hydrogen-bond donors (Lipinski definition) is 1. The van der Waals surface area contributed by atoms with Crippen LogP contribution in [0.2, 0.25) is 0 Å². The third-order valence-electron chi connectivity index (χ3n) is 4.27. The number of ether oxygens (including phenoxy) is 1. The quantitative estimate of drug-likeness (QED) is 0.419. The van der Waals surface area contributed by atoms with Gasteiger partial charge in [-0.3, -0.25) is 9.59 Å². The number of methoxy groups -OCH3 is 1. The molecule has 0 atom stereocenters. The molecule has 0 aliphatic rings. The Morgan fingerprint density at radius 1 is 1.00 bits per heavy atom. The standard InChI is InChI=1S/C21H19N3O4/c1-13-18(14(2)24(23-13)17-10-5-4-6-11-17)19(25)20(26)22-16-9-7-8-15(12-16)21(27)28-3/h4-12H,1-3H3,(H,22,26). The molecule has 0 unspecified atom stereocenters. The molecule has 0 spiro atoms. The summed E-state index contributed by atoms with van der Waals surface area (Å²) >= 11 is 0. The van der Waals surface area contributed by atoms with Crippen molar-refractivity contribution >= 4 is 23.3 Å². The lowest BCUT2D eigenvalue weighted by atomic mass is 10.1. The van der Waals surface area contributed by atoms with Gasteiger partial charge in [-0.05, 0) is 44.2 Å². The lowest BCUT2D eigenvalue weighted by Crippen LogP contribution is -2.24. The number of benzene rings is 2. The van der Waals surface area contributed by atoms with Crippen molar-refractivity contribution in [2.24, 2.45) is 0 Å². The molecule has 0 saturated carbocycles. The van der Waals surface area contributed by atoms with E-state index >= 15 is 0 Å². The molecule has 2 aromatic carbocycles. The minimum absolute atomic E-state index is 0.255. The fraction of sp³-hybridized carbons (Fsp3) is 0.143. The molecule has 0 bridgehead atoms. The fourth-order valence-corrected chi connectivity index (χ4v) is 2.94. The Hall–Kier alpha value is -3.74. The van der Waals surface area contributed by atoms with Gasteiger partial charge in [-0.1, -0.05) is 24.3 Å². The summed E-state index contributed by atoms with van der Waals surface area (Å²) in [7, 11) is 1.27. The molecule has 3 aromatic rings. The zero-order valence-corrected chi connectivity index (χ0v) is 15.7. The number of aromatic nitrogens is 2. The lowest BCUT2D eigenvalue weighted by molar-refractivity contribution is -0.112. The van der Waals surface area contributed by atoms with Crippen LogP contribution in [0.5, 0.6) is 0 Å². The highest BCUT2D eigenvalue weighted by atomic mass is 16.5. The van der Waals surface area contributed by atoms with Crippen molar-refractivity contribution < 1.29 is 19.1 Å². The second kappa shape index (κ2) is 7.87. The van der Waals surface area contributed by atoms with Gasteiger partial charge < -0.3 is 10.1 Å². The van der Waals surface area contributed by atoms with Gasteiger partial charge in [0.25, 0.3) is 11.7 Å². The van der Waals surface area contributed by atoms with E-state index in [9.17, 15) is 14.4 Å². The second-order valence-corrected chi connectivity index (χ2v) is 6.15. The number of rotatable bonds is 5. The van der Waals surface area contributed by atoms with Gasteiger partial charge in [0.2, 0.25) is 0 Å². The second-order valence-electron chi connectivity index (χ2n) is 6.15. The number of nitrogens with one attached hydrogen (secondary N) is 1. The molecule has 7 heteroatoms. The number of hydrogen-bond acceptors (Lipinski definition) is 5. The highest BCUT2D eigenvalue weighted by Crippen LogP contribution is 2.19. The molecule has 28 heavy (non-hydrogen) atoms. The normalized spacial score (nSPS) is 10.4. The van der Waals surface area contributed by atoms with Crippen molar-refractivity contribution in [3.63, 3.8) is 0 Å². The number of para-hydroxylation sites is 1. The van der Waals surface area contributed by atoms with E-state index in [-0.39, 0.29) is 11.1 Å². The molecule has 1 amide bonds. The number of carbonyl (C=O) groups excluding carboxylic acids is 3. The molecular formula is C21H19N3O4. The Kier molecular flexibility index (Phi) is 5.35. The Bertz CT molecular complexity index is 1050. The van der Waals surface area contributed by atoms with Crippen molar-refractivity contribution in [3.8, 4) is 5.69 Å².